The van der Waals surface area contributed by atoms with E-state index < -0.39 is 9.84 Å². The number of amidine groups is 1. The number of carbonyl (C=O) groups excluding carboxylic acids is 1. The smallest absolute Gasteiger partial charge is 0.251 e. The number of anilines is 1. The molecule has 142 valence electrons. The van der Waals surface area contributed by atoms with Gasteiger partial charge >= 0.3 is 0 Å². The van der Waals surface area contributed by atoms with Crippen molar-refractivity contribution >= 4 is 38.4 Å². The van der Waals surface area contributed by atoms with Crippen LogP contribution in [0.4, 0.5) is 5.69 Å². The van der Waals surface area contributed by atoms with Crippen LogP contribution in [0.25, 0.3) is 0 Å². The summed E-state index contributed by atoms with van der Waals surface area (Å²) in [5.41, 5.74) is 1.42. The summed E-state index contributed by atoms with van der Waals surface area (Å²) >= 11 is 1.47. The van der Waals surface area contributed by atoms with Gasteiger partial charge in [0.05, 0.1) is 17.5 Å². The molecular weight excluding hydrogens is 374 g/mol. The van der Waals surface area contributed by atoms with Crippen LogP contribution in [-0.4, -0.2) is 62.0 Å². The highest BCUT2D eigenvalue weighted by Crippen LogP contribution is 2.34. The molecule has 26 heavy (non-hydrogen) atoms. The number of hydrogen-bond acceptors (Lipinski definition) is 7. The molecule has 7 nitrogen and oxygen atoms in total. The van der Waals surface area contributed by atoms with Crippen molar-refractivity contribution in [2.75, 3.05) is 36.6 Å². The zero-order valence-corrected chi connectivity index (χ0v) is 16.2. The van der Waals surface area contributed by atoms with E-state index in [4.69, 9.17) is 4.74 Å². The van der Waals surface area contributed by atoms with Crippen molar-refractivity contribution in [2.45, 2.75) is 24.6 Å². The number of carbonyl (C=O) groups is 1. The molecule has 0 spiro atoms. The van der Waals surface area contributed by atoms with Gasteiger partial charge in [0.25, 0.3) is 5.91 Å². The number of nitrogens with one attached hydrogen (secondary N) is 2. The molecule has 0 aliphatic carbocycles. The standard InChI is InChI=1S/C17H23N3O4S2/c1-2-24-9-3-8-18-16(21)12-4-6-13(7-5-12)19-17-20-14-10-26(22,23)11-15(14)25-17/h4-7,14-15H,2-3,8-11H2,1H3,(H,18,21)(H,19,20)/t14-,15-/m1/s1. The van der Waals surface area contributed by atoms with Gasteiger partial charge in [-0.05, 0) is 37.6 Å². The summed E-state index contributed by atoms with van der Waals surface area (Å²) in [5.74, 6) is 0.220. The maximum absolute atomic E-state index is 12.1. The molecule has 2 aliphatic rings. The Balaban J connectivity index is 1.48. The van der Waals surface area contributed by atoms with Gasteiger partial charge in [-0.3, -0.25) is 9.79 Å². The minimum atomic E-state index is -2.94. The zero-order chi connectivity index (χ0) is 18.6. The van der Waals surface area contributed by atoms with Gasteiger partial charge in [0.15, 0.2) is 15.0 Å². The van der Waals surface area contributed by atoms with Gasteiger partial charge < -0.3 is 15.4 Å². The molecule has 9 heteroatoms. The highest BCUT2D eigenvalue weighted by Gasteiger charge is 2.42. The number of ether oxygens (including phenoxy) is 1. The number of benzene rings is 1. The molecule has 0 radical (unpaired) electrons. The molecule has 2 N–H and O–H groups in total. The van der Waals surface area contributed by atoms with E-state index >= 15 is 0 Å². The Bertz CT molecular complexity index is 778. The molecule has 2 heterocycles. The van der Waals surface area contributed by atoms with Gasteiger partial charge in [-0.25, -0.2) is 8.42 Å². The van der Waals surface area contributed by atoms with Gasteiger partial charge in [0.2, 0.25) is 0 Å². The monoisotopic (exact) mass is 397 g/mol. The van der Waals surface area contributed by atoms with Crippen LogP contribution >= 0.6 is 11.8 Å². The fourth-order valence-electron chi connectivity index (χ4n) is 2.87. The fraction of sp³-hybridized carbons (Fsp3) is 0.529. The fourth-order valence-corrected chi connectivity index (χ4v) is 6.54. The predicted octanol–water partition coefficient (Wildman–Crippen LogP) is 1.52. The van der Waals surface area contributed by atoms with Crippen molar-refractivity contribution in [3.63, 3.8) is 0 Å². The quantitative estimate of drug-likeness (QED) is 0.677. The molecule has 1 fully saturated rings. The van der Waals surface area contributed by atoms with E-state index in [1.807, 2.05) is 19.1 Å². The van der Waals surface area contributed by atoms with Gasteiger partial charge in [-0.2, -0.15) is 0 Å². The third kappa shape index (κ3) is 4.99. The summed E-state index contributed by atoms with van der Waals surface area (Å²) in [5, 5.41) is 6.82. The van der Waals surface area contributed by atoms with E-state index in [2.05, 4.69) is 15.6 Å². The van der Waals surface area contributed by atoms with Gasteiger partial charge in [-0.1, -0.05) is 11.8 Å². The first-order chi connectivity index (χ1) is 12.5. The summed E-state index contributed by atoms with van der Waals surface area (Å²) in [6.07, 6.45) is 0.786. The van der Waals surface area contributed by atoms with E-state index in [-0.39, 0.29) is 28.7 Å². The summed E-state index contributed by atoms with van der Waals surface area (Å²) < 4.78 is 28.4. The summed E-state index contributed by atoms with van der Waals surface area (Å²) in [4.78, 5) is 16.5. The topological polar surface area (TPSA) is 96.9 Å². The first kappa shape index (κ1) is 19.2. The minimum absolute atomic E-state index is 0.0178. The van der Waals surface area contributed by atoms with Crippen molar-refractivity contribution in [3.8, 4) is 0 Å². The Hall–Kier alpha value is -1.58. The van der Waals surface area contributed by atoms with Crippen LogP contribution in [0, 0.1) is 0 Å². The Kier molecular flexibility index (Phi) is 6.20. The van der Waals surface area contributed by atoms with Crippen molar-refractivity contribution in [1.29, 1.82) is 0 Å². The first-order valence-electron chi connectivity index (χ1n) is 8.65. The van der Waals surface area contributed by atoms with Gasteiger partial charge in [0, 0.05) is 36.3 Å². The SMILES string of the molecule is CCOCCCNC(=O)c1ccc(NC2=N[C@@H]3CS(=O)(=O)C[C@H]3S2)cc1. The van der Waals surface area contributed by atoms with Crippen LogP contribution in [0.3, 0.4) is 0 Å². The number of fused-ring (bicyclic) bond motifs is 1. The summed E-state index contributed by atoms with van der Waals surface area (Å²) in [7, 11) is -2.94. The predicted molar refractivity (Wildman–Crippen MR) is 105 cm³/mol. The van der Waals surface area contributed by atoms with E-state index in [1.165, 1.54) is 11.8 Å². The number of sulfone groups is 1. The highest BCUT2D eigenvalue weighted by molar-refractivity contribution is 8.15. The van der Waals surface area contributed by atoms with Crippen LogP contribution < -0.4 is 10.6 Å². The lowest BCUT2D eigenvalue weighted by Crippen LogP contribution is -2.25. The number of aliphatic imine (C=N–C) groups is 1. The van der Waals surface area contributed by atoms with Crippen molar-refractivity contribution in [1.82, 2.24) is 5.32 Å². The second kappa shape index (κ2) is 8.41. The molecule has 0 unspecified atom stereocenters. The van der Waals surface area contributed by atoms with Crippen LogP contribution in [-0.2, 0) is 14.6 Å². The highest BCUT2D eigenvalue weighted by atomic mass is 32.2. The van der Waals surface area contributed by atoms with E-state index in [1.54, 1.807) is 12.1 Å². The minimum Gasteiger partial charge on any atom is -0.382 e. The molecule has 1 aromatic rings. The lowest BCUT2D eigenvalue weighted by atomic mass is 10.2. The Morgan fingerprint density at radius 3 is 2.77 bits per heavy atom. The second-order valence-corrected chi connectivity index (χ2v) is 9.63. The lowest BCUT2D eigenvalue weighted by Gasteiger charge is -2.08. The third-order valence-corrected chi connectivity index (χ3v) is 7.31. The molecule has 1 aromatic carbocycles. The summed E-state index contributed by atoms with van der Waals surface area (Å²) in [6, 6.07) is 7.01. The molecular formula is C17H23N3O4S2. The van der Waals surface area contributed by atoms with Crippen LogP contribution in [0.15, 0.2) is 29.3 Å². The Morgan fingerprint density at radius 2 is 2.08 bits per heavy atom. The number of amides is 1. The normalized spacial score (nSPS) is 23.3. The molecule has 0 bridgehead atoms. The third-order valence-electron chi connectivity index (χ3n) is 4.17. The number of hydrogen-bond donors (Lipinski definition) is 2. The van der Waals surface area contributed by atoms with Crippen molar-refractivity contribution in [2.24, 2.45) is 4.99 Å². The largest absolute Gasteiger partial charge is 0.382 e. The molecule has 0 saturated carbocycles. The van der Waals surface area contributed by atoms with Crippen LogP contribution in [0.1, 0.15) is 23.7 Å². The van der Waals surface area contributed by atoms with E-state index in [0.717, 1.165) is 17.3 Å². The Morgan fingerprint density at radius 1 is 1.31 bits per heavy atom. The molecule has 1 saturated heterocycles. The molecule has 2 atom stereocenters. The van der Waals surface area contributed by atoms with E-state index in [0.29, 0.717) is 25.3 Å². The summed E-state index contributed by atoms with van der Waals surface area (Å²) in [6.45, 7) is 3.85. The first-order valence-corrected chi connectivity index (χ1v) is 11.3. The maximum Gasteiger partial charge on any atom is 0.251 e. The number of rotatable bonds is 7. The van der Waals surface area contributed by atoms with Gasteiger partial charge in [0.1, 0.15) is 0 Å². The molecule has 1 amide bonds. The average molecular weight is 398 g/mol. The number of nitrogens with zero attached hydrogens (tertiary/aromatic N) is 1. The second-order valence-electron chi connectivity index (χ2n) is 6.24. The lowest BCUT2D eigenvalue weighted by molar-refractivity contribution is 0.0944. The van der Waals surface area contributed by atoms with E-state index in [9.17, 15) is 13.2 Å². The zero-order valence-electron chi connectivity index (χ0n) is 14.6. The molecule has 0 aromatic heterocycles. The average Bonchev–Trinajstić information content (AvgIpc) is 3.07. The Labute approximate surface area is 157 Å². The van der Waals surface area contributed by atoms with Gasteiger partial charge in [-0.15, -0.1) is 0 Å². The maximum atomic E-state index is 12.1. The van der Waals surface area contributed by atoms with Crippen molar-refractivity contribution in [3.05, 3.63) is 29.8 Å². The van der Waals surface area contributed by atoms with Crippen molar-refractivity contribution < 1.29 is 17.9 Å². The van der Waals surface area contributed by atoms with Crippen LogP contribution in [0.2, 0.25) is 0 Å². The number of thioether (sulfide) groups is 1. The van der Waals surface area contributed by atoms with Crippen LogP contribution in [0.5, 0.6) is 0 Å². The molecule has 2 aliphatic heterocycles. The molecule has 3 rings (SSSR count).